The van der Waals surface area contributed by atoms with Gasteiger partial charge in [-0.3, -0.25) is 0 Å². The molecule has 1 aromatic carbocycles. The molecule has 2 aromatic rings. The van der Waals surface area contributed by atoms with E-state index < -0.39 is 5.97 Å². The maximum absolute atomic E-state index is 12.8. The molecular formula is C13H12FNO2. The normalized spacial score (nSPS) is 10.5. The number of benzene rings is 1. The third kappa shape index (κ3) is 1.93. The van der Waals surface area contributed by atoms with Crippen LogP contribution in [0.25, 0.3) is 11.1 Å². The van der Waals surface area contributed by atoms with Crippen molar-refractivity contribution in [3.8, 4) is 11.1 Å². The second-order valence-electron chi connectivity index (χ2n) is 3.90. The molecule has 17 heavy (non-hydrogen) atoms. The molecule has 0 aliphatic heterocycles. The van der Waals surface area contributed by atoms with Crippen molar-refractivity contribution in [2.24, 2.45) is 7.05 Å². The van der Waals surface area contributed by atoms with Crippen LogP contribution in [0.3, 0.4) is 0 Å². The number of carbonyl (C=O) groups is 1. The first-order chi connectivity index (χ1) is 8.00. The summed E-state index contributed by atoms with van der Waals surface area (Å²) in [6.45, 7) is 1.84. The third-order valence-electron chi connectivity index (χ3n) is 2.91. The minimum atomic E-state index is -0.969. The van der Waals surface area contributed by atoms with E-state index in [-0.39, 0.29) is 11.5 Å². The molecule has 0 radical (unpaired) electrons. The molecule has 0 fully saturated rings. The van der Waals surface area contributed by atoms with Crippen LogP contribution in [0.5, 0.6) is 0 Å². The van der Waals surface area contributed by atoms with Crippen LogP contribution in [0, 0.1) is 12.7 Å². The number of aromatic nitrogens is 1. The summed E-state index contributed by atoms with van der Waals surface area (Å²) in [6, 6.07) is 7.61. The van der Waals surface area contributed by atoms with E-state index in [9.17, 15) is 9.18 Å². The zero-order chi connectivity index (χ0) is 12.6. The van der Waals surface area contributed by atoms with Gasteiger partial charge in [0.05, 0.1) is 0 Å². The van der Waals surface area contributed by atoms with Gasteiger partial charge in [-0.05, 0) is 30.7 Å². The van der Waals surface area contributed by atoms with Gasteiger partial charge in [-0.1, -0.05) is 12.1 Å². The number of rotatable bonds is 2. The molecule has 0 saturated carbocycles. The summed E-state index contributed by atoms with van der Waals surface area (Å²) < 4.78 is 14.4. The molecule has 1 N–H and O–H groups in total. The van der Waals surface area contributed by atoms with Gasteiger partial charge in [0.1, 0.15) is 11.5 Å². The molecule has 0 amide bonds. The Morgan fingerprint density at radius 1 is 1.29 bits per heavy atom. The van der Waals surface area contributed by atoms with E-state index in [2.05, 4.69) is 0 Å². The van der Waals surface area contributed by atoms with Gasteiger partial charge in [-0.15, -0.1) is 0 Å². The number of hydrogen-bond acceptors (Lipinski definition) is 1. The van der Waals surface area contributed by atoms with Crippen LogP contribution >= 0.6 is 0 Å². The summed E-state index contributed by atoms with van der Waals surface area (Å²) in [7, 11) is 1.70. The van der Waals surface area contributed by atoms with Crippen LogP contribution in [0.15, 0.2) is 30.3 Å². The van der Waals surface area contributed by atoms with E-state index in [1.165, 1.54) is 12.1 Å². The van der Waals surface area contributed by atoms with Crippen LogP contribution in [0.1, 0.15) is 16.2 Å². The lowest BCUT2D eigenvalue weighted by Crippen LogP contribution is -2.04. The first-order valence-corrected chi connectivity index (χ1v) is 5.16. The van der Waals surface area contributed by atoms with Crippen molar-refractivity contribution in [1.82, 2.24) is 4.57 Å². The molecule has 0 saturated heterocycles. The molecule has 0 atom stereocenters. The average molecular weight is 233 g/mol. The van der Waals surface area contributed by atoms with Gasteiger partial charge in [0.25, 0.3) is 0 Å². The summed E-state index contributed by atoms with van der Waals surface area (Å²) in [6.07, 6.45) is 0. The van der Waals surface area contributed by atoms with Gasteiger partial charge >= 0.3 is 5.97 Å². The monoisotopic (exact) mass is 233 g/mol. The quantitative estimate of drug-likeness (QED) is 0.866. The number of carboxylic acids is 1. The van der Waals surface area contributed by atoms with Crippen molar-refractivity contribution >= 4 is 5.97 Å². The zero-order valence-electron chi connectivity index (χ0n) is 9.57. The Kier molecular flexibility index (Phi) is 2.71. The summed E-state index contributed by atoms with van der Waals surface area (Å²) in [4.78, 5) is 11.0. The average Bonchev–Trinajstić information content (AvgIpc) is 2.58. The number of hydrogen-bond donors (Lipinski definition) is 1. The fourth-order valence-electron chi connectivity index (χ4n) is 1.83. The Labute approximate surface area is 98.1 Å². The van der Waals surface area contributed by atoms with E-state index in [0.717, 1.165) is 16.8 Å². The molecular weight excluding hydrogens is 221 g/mol. The van der Waals surface area contributed by atoms with Crippen LogP contribution in [-0.2, 0) is 7.05 Å². The lowest BCUT2D eigenvalue weighted by molar-refractivity contribution is 0.0686. The molecule has 4 heteroatoms. The Bertz CT molecular complexity index is 570. The standard InChI is InChI=1S/C13H12FNO2/c1-8-11(7-12(13(16)17)15(8)2)9-3-5-10(14)6-4-9/h3-7H,1-2H3,(H,16,17). The van der Waals surface area contributed by atoms with E-state index >= 15 is 0 Å². The minimum absolute atomic E-state index is 0.224. The highest BCUT2D eigenvalue weighted by Gasteiger charge is 2.15. The first-order valence-electron chi connectivity index (χ1n) is 5.16. The summed E-state index contributed by atoms with van der Waals surface area (Å²) in [5, 5.41) is 9.01. The molecule has 0 bridgehead atoms. The minimum Gasteiger partial charge on any atom is -0.477 e. The molecule has 3 nitrogen and oxygen atoms in total. The van der Waals surface area contributed by atoms with Crippen molar-refractivity contribution in [1.29, 1.82) is 0 Å². The molecule has 0 aliphatic carbocycles. The summed E-state index contributed by atoms with van der Waals surface area (Å²) >= 11 is 0. The Morgan fingerprint density at radius 2 is 1.88 bits per heavy atom. The second-order valence-corrected chi connectivity index (χ2v) is 3.90. The smallest absolute Gasteiger partial charge is 0.352 e. The summed E-state index contributed by atoms with van der Waals surface area (Å²) in [5.74, 6) is -1.27. The molecule has 2 rings (SSSR count). The van der Waals surface area contributed by atoms with Gasteiger partial charge < -0.3 is 9.67 Å². The van der Waals surface area contributed by atoms with Crippen LogP contribution < -0.4 is 0 Å². The fourth-order valence-corrected chi connectivity index (χ4v) is 1.83. The van der Waals surface area contributed by atoms with Crippen molar-refractivity contribution in [3.05, 3.63) is 47.5 Å². The number of halogens is 1. The summed E-state index contributed by atoms with van der Waals surface area (Å²) in [5.41, 5.74) is 2.69. The Morgan fingerprint density at radius 3 is 2.35 bits per heavy atom. The van der Waals surface area contributed by atoms with Gasteiger partial charge in [0.2, 0.25) is 0 Å². The maximum Gasteiger partial charge on any atom is 0.352 e. The highest BCUT2D eigenvalue weighted by molar-refractivity contribution is 5.89. The van der Waals surface area contributed by atoms with Gasteiger partial charge in [-0.25, -0.2) is 9.18 Å². The Hall–Kier alpha value is -2.10. The lowest BCUT2D eigenvalue weighted by atomic mass is 10.1. The van der Waals surface area contributed by atoms with E-state index in [1.54, 1.807) is 29.8 Å². The van der Waals surface area contributed by atoms with E-state index in [0.29, 0.717) is 0 Å². The van der Waals surface area contributed by atoms with Crippen molar-refractivity contribution in [2.45, 2.75) is 6.92 Å². The van der Waals surface area contributed by atoms with Crippen LogP contribution in [0.4, 0.5) is 4.39 Å². The molecule has 1 aromatic heterocycles. The van der Waals surface area contributed by atoms with Crippen LogP contribution in [0.2, 0.25) is 0 Å². The first kappa shape index (κ1) is 11.4. The predicted molar refractivity (Wildman–Crippen MR) is 62.5 cm³/mol. The van der Waals surface area contributed by atoms with E-state index in [1.807, 2.05) is 6.92 Å². The largest absolute Gasteiger partial charge is 0.477 e. The Balaban J connectivity index is 2.56. The zero-order valence-corrected chi connectivity index (χ0v) is 9.57. The molecule has 1 heterocycles. The van der Waals surface area contributed by atoms with E-state index in [4.69, 9.17) is 5.11 Å². The predicted octanol–water partition coefficient (Wildman–Crippen LogP) is 2.84. The number of aromatic carboxylic acids is 1. The fraction of sp³-hybridized carbons (Fsp3) is 0.154. The number of nitrogens with zero attached hydrogens (tertiary/aromatic N) is 1. The van der Waals surface area contributed by atoms with Gasteiger partial charge in [0, 0.05) is 18.3 Å². The molecule has 0 aliphatic rings. The molecule has 88 valence electrons. The second kappa shape index (κ2) is 4.05. The third-order valence-corrected chi connectivity index (χ3v) is 2.91. The molecule has 0 unspecified atom stereocenters. The van der Waals surface area contributed by atoms with Gasteiger partial charge in [-0.2, -0.15) is 0 Å². The SMILES string of the molecule is Cc1c(-c2ccc(F)cc2)cc(C(=O)O)n1C. The highest BCUT2D eigenvalue weighted by atomic mass is 19.1. The topological polar surface area (TPSA) is 42.2 Å². The molecule has 0 spiro atoms. The van der Waals surface area contributed by atoms with Crippen LogP contribution in [-0.4, -0.2) is 15.6 Å². The van der Waals surface area contributed by atoms with Crippen molar-refractivity contribution < 1.29 is 14.3 Å². The van der Waals surface area contributed by atoms with Crippen molar-refractivity contribution in [3.63, 3.8) is 0 Å². The number of carboxylic acid groups (broad SMARTS) is 1. The van der Waals surface area contributed by atoms with Gasteiger partial charge in [0.15, 0.2) is 0 Å². The van der Waals surface area contributed by atoms with Crippen molar-refractivity contribution in [2.75, 3.05) is 0 Å². The maximum atomic E-state index is 12.8. The lowest BCUT2D eigenvalue weighted by Gasteiger charge is -2.02. The highest BCUT2D eigenvalue weighted by Crippen LogP contribution is 2.26.